The summed E-state index contributed by atoms with van der Waals surface area (Å²) in [6.45, 7) is 14.1. The highest BCUT2D eigenvalue weighted by Crippen LogP contribution is 2.11. The quantitative estimate of drug-likeness (QED) is 0.565. The van der Waals surface area contributed by atoms with E-state index in [9.17, 15) is 0 Å². The van der Waals surface area contributed by atoms with E-state index in [0.29, 0.717) is 0 Å². The predicted octanol–water partition coefficient (Wildman–Crippen LogP) is 3.73. The van der Waals surface area contributed by atoms with Crippen molar-refractivity contribution in [2.75, 3.05) is 0 Å². The molecule has 0 amide bonds. The van der Waals surface area contributed by atoms with Gasteiger partial charge in [0.05, 0.1) is 0 Å². The van der Waals surface area contributed by atoms with E-state index in [1.807, 2.05) is 13.8 Å². The van der Waals surface area contributed by atoms with Crippen LogP contribution in [0.1, 0.15) is 41.0 Å². The predicted molar refractivity (Wildman–Crippen MR) is 56.6 cm³/mol. The van der Waals surface area contributed by atoms with Gasteiger partial charge in [0.1, 0.15) is 0 Å². The van der Waals surface area contributed by atoms with Crippen molar-refractivity contribution in [2.45, 2.75) is 41.0 Å². The Kier molecular flexibility index (Phi) is 4.57. The molecule has 0 saturated heterocycles. The fourth-order valence-electron chi connectivity index (χ4n) is 1.32. The SMILES string of the molecule is C=C(C)/N=C(/C)C(CC)=C(C)C. The summed E-state index contributed by atoms with van der Waals surface area (Å²) in [5.41, 5.74) is 4.67. The molecule has 0 aromatic rings. The number of rotatable bonds is 3. The highest BCUT2D eigenvalue weighted by Gasteiger charge is 2.00. The highest BCUT2D eigenvalue weighted by atomic mass is 14.7. The first-order valence-corrected chi connectivity index (χ1v) is 4.36. The summed E-state index contributed by atoms with van der Waals surface area (Å²) < 4.78 is 0. The Labute approximate surface area is 75.9 Å². The Morgan fingerprint density at radius 2 is 1.67 bits per heavy atom. The first kappa shape index (κ1) is 11.2. The van der Waals surface area contributed by atoms with Crippen LogP contribution in [0.5, 0.6) is 0 Å². The third-order valence-corrected chi connectivity index (χ3v) is 1.75. The van der Waals surface area contributed by atoms with E-state index in [-0.39, 0.29) is 0 Å². The molecule has 0 aliphatic rings. The number of nitrogens with zero attached hydrogens (tertiary/aromatic N) is 1. The molecule has 0 aliphatic heterocycles. The van der Waals surface area contributed by atoms with Crippen LogP contribution in [0, 0.1) is 0 Å². The van der Waals surface area contributed by atoms with Crippen molar-refractivity contribution in [1.82, 2.24) is 0 Å². The molecular weight excluding hydrogens is 146 g/mol. The van der Waals surface area contributed by atoms with Crippen molar-refractivity contribution in [3.63, 3.8) is 0 Å². The summed E-state index contributed by atoms with van der Waals surface area (Å²) in [7, 11) is 0. The van der Waals surface area contributed by atoms with E-state index in [2.05, 4.69) is 32.3 Å². The van der Waals surface area contributed by atoms with Crippen molar-refractivity contribution >= 4 is 5.71 Å². The fraction of sp³-hybridized carbons (Fsp3) is 0.545. The average Bonchev–Trinajstić information content (AvgIpc) is 1.85. The first-order valence-electron chi connectivity index (χ1n) is 4.36. The van der Waals surface area contributed by atoms with Crippen LogP contribution >= 0.6 is 0 Å². The van der Waals surface area contributed by atoms with Gasteiger partial charge in [0.15, 0.2) is 0 Å². The van der Waals surface area contributed by atoms with Gasteiger partial charge < -0.3 is 0 Å². The smallest absolute Gasteiger partial charge is 0.0406 e. The second-order valence-corrected chi connectivity index (χ2v) is 3.26. The van der Waals surface area contributed by atoms with E-state index in [1.54, 1.807) is 0 Å². The van der Waals surface area contributed by atoms with Crippen LogP contribution in [-0.2, 0) is 0 Å². The molecule has 12 heavy (non-hydrogen) atoms. The molecule has 0 aromatic heterocycles. The van der Waals surface area contributed by atoms with Crippen molar-refractivity contribution in [1.29, 1.82) is 0 Å². The maximum atomic E-state index is 4.33. The largest absolute Gasteiger partial charge is 0.259 e. The van der Waals surface area contributed by atoms with Crippen LogP contribution in [0.4, 0.5) is 0 Å². The molecule has 0 saturated carbocycles. The molecule has 0 bridgehead atoms. The van der Waals surface area contributed by atoms with Crippen LogP contribution in [0.25, 0.3) is 0 Å². The van der Waals surface area contributed by atoms with Gasteiger partial charge in [-0.05, 0) is 39.7 Å². The van der Waals surface area contributed by atoms with Gasteiger partial charge in [-0.15, -0.1) is 0 Å². The van der Waals surface area contributed by atoms with Crippen LogP contribution < -0.4 is 0 Å². The van der Waals surface area contributed by atoms with Crippen molar-refractivity contribution in [3.05, 3.63) is 23.4 Å². The lowest BCUT2D eigenvalue weighted by Crippen LogP contribution is -1.98. The summed E-state index contributed by atoms with van der Waals surface area (Å²) >= 11 is 0. The van der Waals surface area contributed by atoms with Gasteiger partial charge in [0.25, 0.3) is 0 Å². The third-order valence-electron chi connectivity index (χ3n) is 1.75. The van der Waals surface area contributed by atoms with Crippen LogP contribution in [0.2, 0.25) is 0 Å². The molecule has 0 fully saturated rings. The second-order valence-electron chi connectivity index (χ2n) is 3.26. The zero-order valence-electron chi connectivity index (χ0n) is 8.86. The number of allylic oxidation sites excluding steroid dienone is 3. The fourth-order valence-corrected chi connectivity index (χ4v) is 1.32. The van der Waals surface area contributed by atoms with Gasteiger partial charge in [0.2, 0.25) is 0 Å². The monoisotopic (exact) mass is 165 g/mol. The minimum atomic E-state index is 0.875. The molecule has 0 heterocycles. The maximum absolute atomic E-state index is 4.33. The highest BCUT2D eigenvalue weighted by molar-refractivity contribution is 5.99. The normalized spacial score (nSPS) is 11.2. The Hall–Kier alpha value is -0.850. The van der Waals surface area contributed by atoms with E-state index in [1.165, 1.54) is 11.1 Å². The summed E-state index contributed by atoms with van der Waals surface area (Å²) in [4.78, 5) is 4.33. The molecule has 1 nitrogen and oxygen atoms in total. The molecular formula is C11H19N. The van der Waals surface area contributed by atoms with Crippen molar-refractivity contribution in [3.8, 4) is 0 Å². The standard InChI is InChI=1S/C11H19N/c1-7-11(8(2)3)10(6)12-9(4)5/h4,7H2,1-3,5-6H3/b12-10-. The number of hydrogen-bond acceptors (Lipinski definition) is 1. The lowest BCUT2D eigenvalue weighted by molar-refractivity contribution is 1.11. The van der Waals surface area contributed by atoms with E-state index in [0.717, 1.165) is 17.8 Å². The van der Waals surface area contributed by atoms with Crippen molar-refractivity contribution in [2.24, 2.45) is 4.99 Å². The lowest BCUT2D eigenvalue weighted by Gasteiger charge is -2.06. The maximum Gasteiger partial charge on any atom is 0.0406 e. The minimum Gasteiger partial charge on any atom is -0.259 e. The van der Waals surface area contributed by atoms with Gasteiger partial charge >= 0.3 is 0 Å². The molecule has 0 aliphatic carbocycles. The van der Waals surface area contributed by atoms with Crippen molar-refractivity contribution < 1.29 is 0 Å². The Morgan fingerprint density at radius 3 is 1.92 bits per heavy atom. The van der Waals surface area contributed by atoms with E-state index < -0.39 is 0 Å². The molecule has 0 atom stereocenters. The summed E-state index contributed by atoms with van der Waals surface area (Å²) in [6.07, 6.45) is 1.05. The molecule has 1 heteroatoms. The molecule has 68 valence electrons. The van der Waals surface area contributed by atoms with Gasteiger partial charge in [-0.2, -0.15) is 0 Å². The third kappa shape index (κ3) is 3.51. The van der Waals surface area contributed by atoms with E-state index >= 15 is 0 Å². The Bertz CT molecular complexity index is 227. The molecule has 0 rings (SSSR count). The van der Waals surface area contributed by atoms with Gasteiger partial charge in [-0.1, -0.05) is 19.1 Å². The van der Waals surface area contributed by atoms with E-state index in [4.69, 9.17) is 0 Å². The van der Waals surface area contributed by atoms with Crippen LogP contribution in [0.15, 0.2) is 28.4 Å². The van der Waals surface area contributed by atoms with Crippen LogP contribution in [-0.4, -0.2) is 5.71 Å². The van der Waals surface area contributed by atoms with Gasteiger partial charge in [-0.25, -0.2) is 0 Å². The zero-order chi connectivity index (χ0) is 9.72. The first-order chi connectivity index (χ1) is 5.49. The molecule has 0 N–H and O–H groups in total. The van der Waals surface area contributed by atoms with Gasteiger partial charge in [0, 0.05) is 11.4 Å². The Morgan fingerprint density at radius 1 is 1.17 bits per heavy atom. The van der Waals surface area contributed by atoms with Gasteiger partial charge in [-0.3, -0.25) is 4.99 Å². The number of hydrogen-bond donors (Lipinski definition) is 0. The molecule has 0 spiro atoms. The average molecular weight is 165 g/mol. The summed E-state index contributed by atoms with van der Waals surface area (Å²) in [5, 5.41) is 0. The zero-order valence-corrected chi connectivity index (χ0v) is 8.86. The molecule has 0 unspecified atom stereocenters. The molecule has 0 radical (unpaired) electrons. The molecule has 0 aromatic carbocycles. The number of aliphatic imine (C=N–C) groups is 1. The topological polar surface area (TPSA) is 12.4 Å². The van der Waals surface area contributed by atoms with Crippen LogP contribution in [0.3, 0.4) is 0 Å². The minimum absolute atomic E-state index is 0.875. The summed E-state index contributed by atoms with van der Waals surface area (Å²) in [6, 6.07) is 0. The Balaban J connectivity index is 4.78. The lowest BCUT2D eigenvalue weighted by atomic mass is 10.0. The summed E-state index contributed by atoms with van der Waals surface area (Å²) in [5.74, 6) is 0. The second kappa shape index (κ2) is 4.91.